The smallest absolute Gasteiger partial charge is 0.295 e. The highest BCUT2D eigenvalue weighted by molar-refractivity contribution is 6.05. The maximum absolute atomic E-state index is 13.0. The minimum absolute atomic E-state index is 0.139. The van der Waals surface area contributed by atoms with Crippen LogP contribution in [0.5, 0.6) is 5.75 Å². The average molecular weight is 348 g/mol. The van der Waals surface area contributed by atoms with Crippen molar-refractivity contribution < 1.29 is 13.9 Å². The van der Waals surface area contributed by atoms with Crippen LogP contribution in [0.2, 0.25) is 0 Å². The van der Waals surface area contributed by atoms with E-state index in [-0.39, 0.29) is 12.5 Å². The fourth-order valence-corrected chi connectivity index (χ4v) is 3.06. The van der Waals surface area contributed by atoms with Gasteiger partial charge in [0, 0.05) is 12.2 Å². The second-order valence-electron chi connectivity index (χ2n) is 6.38. The number of para-hydroxylation sites is 1. The second kappa shape index (κ2) is 7.04. The van der Waals surface area contributed by atoms with Gasteiger partial charge in [-0.05, 0) is 44.0 Å². The third-order valence-electron chi connectivity index (χ3n) is 4.43. The SMILES string of the molecule is Cc1ccc(N2CCCc3nc(COc4ccccc4)oc3C2=O)cc1. The zero-order valence-electron chi connectivity index (χ0n) is 14.6. The number of aryl methyl sites for hydroxylation is 2. The molecule has 0 radical (unpaired) electrons. The van der Waals surface area contributed by atoms with Gasteiger partial charge in [0.1, 0.15) is 5.75 Å². The van der Waals surface area contributed by atoms with Crippen LogP contribution in [-0.2, 0) is 13.0 Å². The fourth-order valence-electron chi connectivity index (χ4n) is 3.06. The number of anilines is 1. The molecule has 26 heavy (non-hydrogen) atoms. The van der Waals surface area contributed by atoms with Gasteiger partial charge in [0.25, 0.3) is 5.91 Å². The first-order chi connectivity index (χ1) is 12.7. The summed E-state index contributed by atoms with van der Waals surface area (Å²) in [7, 11) is 0. The Bertz CT molecular complexity index is 901. The molecular formula is C21H20N2O3. The summed E-state index contributed by atoms with van der Waals surface area (Å²) in [6.07, 6.45) is 1.57. The summed E-state index contributed by atoms with van der Waals surface area (Å²) in [5.74, 6) is 1.36. The Morgan fingerprint density at radius 1 is 1.12 bits per heavy atom. The minimum Gasteiger partial charge on any atom is -0.484 e. The molecule has 0 saturated carbocycles. The molecule has 0 N–H and O–H groups in total. The molecule has 5 heteroatoms. The standard InChI is InChI=1S/C21H20N2O3/c1-15-9-11-16(12-10-15)23-13-5-8-18-20(21(23)24)26-19(22-18)14-25-17-6-3-2-4-7-17/h2-4,6-7,9-12H,5,8,13-14H2,1H3. The van der Waals surface area contributed by atoms with Gasteiger partial charge in [-0.2, -0.15) is 0 Å². The first kappa shape index (κ1) is 16.4. The molecular weight excluding hydrogens is 328 g/mol. The highest BCUT2D eigenvalue weighted by atomic mass is 16.5. The molecule has 0 bridgehead atoms. The van der Waals surface area contributed by atoms with E-state index in [0.717, 1.165) is 35.5 Å². The average Bonchev–Trinajstić information content (AvgIpc) is 3.01. The van der Waals surface area contributed by atoms with Gasteiger partial charge in [-0.15, -0.1) is 0 Å². The highest BCUT2D eigenvalue weighted by Gasteiger charge is 2.29. The van der Waals surface area contributed by atoms with E-state index in [9.17, 15) is 4.79 Å². The van der Waals surface area contributed by atoms with Gasteiger partial charge in [-0.3, -0.25) is 4.79 Å². The maximum atomic E-state index is 13.0. The van der Waals surface area contributed by atoms with E-state index in [0.29, 0.717) is 18.2 Å². The topological polar surface area (TPSA) is 55.6 Å². The fraction of sp³-hybridized carbons (Fsp3) is 0.238. The van der Waals surface area contributed by atoms with Crippen LogP contribution in [0.4, 0.5) is 5.69 Å². The van der Waals surface area contributed by atoms with Gasteiger partial charge in [-0.1, -0.05) is 35.9 Å². The lowest BCUT2D eigenvalue weighted by atomic mass is 10.2. The summed E-state index contributed by atoms with van der Waals surface area (Å²) in [4.78, 5) is 19.2. The molecule has 1 aliphatic rings. The Morgan fingerprint density at radius 3 is 2.65 bits per heavy atom. The molecule has 1 aliphatic heterocycles. The first-order valence-corrected chi connectivity index (χ1v) is 8.75. The van der Waals surface area contributed by atoms with Crippen LogP contribution in [0.1, 0.15) is 34.1 Å². The number of aromatic nitrogens is 1. The summed E-state index contributed by atoms with van der Waals surface area (Å²) in [5.41, 5.74) is 2.76. The normalized spacial score (nSPS) is 14.0. The quantitative estimate of drug-likeness (QED) is 0.710. The largest absolute Gasteiger partial charge is 0.484 e. The molecule has 2 aromatic carbocycles. The van der Waals surface area contributed by atoms with Crippen molar-refractivity contribution in [3.05, 3.63) is 77.5 Å². The monoisotopic (exact) mass is 348 g/mol. The van der Waals surface area contributed by atoms with Crippen LogP contribution >= 0.6 is 0 Å². The van der Waals surface area contributed by atoms with E-state index < -0.39 is 0 Å². The van der Waals surface area contributed by atoms with Crippen molar-refractivity contribution >= 4 is 11.6 Å². The van der Waals surface area contributed by atoms with E-state index in [1.54, 1.807) is 4.90 Å². The van der Waals surface area contributed by atoms with Gasteiger partial charge in [0.15, 0.2) is 6.61 Å². The molecule has 2 heterocycles. The van der Waals surface area contributed by atoms with Crippen LogP contribution in [0, 0.1) is 6.92 Å². The number of amides is 1. The number of hydrogen-bond acceptors (Lipinski definition) is 4. The number of fused-ring (bicyclic) bond motifs is 1. The number of ether oxygens (including phenoxy) is 1. The number of hydrogen-bond donors (Lipinski definition) is 0. The molecule has 5 nitrogen and oxygen atoms in total. The lowest BCUT2D eigenvalue weighted by Crippen LogP contribution is -2.30. The van der Waals surface area contributed by atoms with E-state index in [2.05, 4.69) is 4.98 Å². The van der Waals surface area contributed by atoms with Crippen LogP contribution in [0.15, 0.2) is 59.0 Å². The van der Waals surface area contributed by atoms with Crippen LogP contribution < -0.4 is 9.64 Å². The third kappa shape index (κ3) is 3.33. The molecule has 1 aromatic heterocycles. The summed E-state index contributed by atoms with van der Waals surface area (Å²) in [5, 5.41) is 0. The summed E-state index contributed by atoms with van der Waals surface area (Å²) >= 11 is 0. The number of carbonyl (C=O) groups excluding carboxylic acids is 1. The Kier molecular flexibility index (Phi) is 4.44. The molecule has 0 saturated heterocycles. The summed E-state index contributed by atoms with van der Waals surface area (Å²) in [6.45, 7) is 2.89. The molecule has 0 fully saturated rings. The molecule has 0 unspecified atom stereocenters. The number of carbonyl (C=O) groups is 1. The number of oxazole rings is 1. The summed E-state index contributed by atoms with van der Waals surface area (Å²) < 4.78 is 11.4. The molecule has 0 aliphatic carbocycles. The number of rotatable bonds is 4. The van der Waals surface area contributed by atoms with Gasteiger partial charge < -0.3 is 14.1 Å². The molecule has 132 valence electrons. The Morgan fingerprint density at radius 2 is 1.88 bits per heavy atom. The highest BCUT2D eigenvalue weighted by Crippen LogP contribution is 2.25. The van der Waals surface area contributed by atoms with Gasteiger partial charge >= 0.3 is 0 Å². The Balaban J connectivity index is 1.54. The van der Waals surface area contributed by atoms with Crippen molar-refractivity contribution in [3.8, 4) is 5.75 Å². The van der Waals surface area contributed by atoms with E-state index >= 15 is 0 Å². The lowest BCUT2D eigenvalue weighted by molar-refractivity contribution is 0.0958. The van der Waals surface area contributed by atoms with Gasteiger partial charge in [-0.25, -0.2) is 4.98 Å². The van der Waals surface area contributed by atoms with E-state index in [4.69, 9.17) is 9.15 Å². The molecule has 0 spiro atoms. The third-order valence-corrected chi connectivity index (χ3v) is 4.43. The van der Waals surface area contributed by atoms with Crippen molar-refractivity contribution in [2.24, 2.45) is 0 Å². The Labute approximate surface area is 152 Å². The van der Waals surface area contributed by atoms with E-state index in [1.807, 2.05) is 61.5 Å². The van der Waals surface area contributed by atoms with Crippen molar-refractivity contribution in [1.29, 1.82) is 0 Å². The minimum atomic E-state index is -0.139. The number of benzene rings is 2. The predicted molar refractivity (Wildman–Crippen MR) is 98.5 cm³/mol. The number of nitrogens with zero attached hydrogens (tertiary/aromatic N) is 2. The maximum Gasteiger partial charge on any atom is 0.295 e. The van der Waals surface area contributed by atoms with Crippen molar-refractivity contribution in [2.45, 2.75) is 26.4 Å². The van der Waals surface area contributed by atoms with E-state index in [1.165, 1.54) is 0 Å². The zero-order chi connectivity index (χ0) is 17.9. The molecule has 0 atom stereocenters. The van der Waals surface area contributed by atoms with Crippen LogP contribution in [-0.4, -0.2) is 17.4 Å². The van der Waals surface area contributed by atoms with Gasteiger partial charge in [0.05, 0.1) is 5.69 Å². The zero-order valence-corrected chi connectivity index (χ0v) is 14.6. The van der Waals surface area contributed by atoms with Gasteiger partial charge in [0.2, 0.25) is 11.7 Å². The van der Waals surface area contributed by atoms with Crippen molar-refractivity contribution in [3.63, 3.8) is 0 Å². The van der Waals surface area contributed by atoms with Crippen LogP contribution in [0.3, 0.4) is 0 Å². The van der Waals surface area contributed by atoms with Crippen molar-refractivity contribution in [2.75, 3.05) is 11.4 Å². The molecule has 3 aromatic rings. The second-order valence-corrected chi connectivity index (χ2v) is 6.38. The van der Waals surface area contributed by atoms with Crippen LogP contribution in [0.25, 0.3) is 0 Å². The lowest BCUT2D eigenvalue weighted by Gasteiger charge is -2.20. The Hall–Kier alpha value is -3.08. The molecule has 1 amide bonds. The summed E-state index contributed by atoms with van der Waals surface area (Å²) in [6, 6.07) is 17.4. The molecule has 4 rings (SSSR count). The predicted octanol–water partition coefficient (Wildman–Crippen LogP) is 4.16. The van der Waals surface area contributed by atoms with Crippen molar-refractivity contribution in [1.82, 2.24) is 4.98 Å². The first-order valence-electron chi connectivity index (χ1n) is 8.75.